The lowest BCUT2D eigenvalue weighted by molar-refractivity contribution is 0.0697. The van der Waals surface area contributed by atoms with E-state index in [4.69, 9.17) is 4.74 Å². The van der Waals surface area contributed by atoms with Gasteiger partial charge in [-0.05, 0) is 20.0 Å². The van der Waals surface area contributed by atoms with E-state index in [2.05, 4.69) is 10.6 Å². The molecule has 1 aliphatic heterocycles. The Morgan fingerprint density at radius 2 is 2.64 bits per heavy atom. The summed E-state index contributed by atoms with van der Waals surface area (Å²) < 4.78 is 5.00. The zero-order chi connectivity index (χ0) is 8.10. The fraction of sp³-hybridized carbons (Fsp3) is 0.857. The van der Waals surface area contributed by atoms with Gasteiger partial charge in [0.05, 0.1) is 0 Å². The van der Waals surface area contributed by atoms with Gasteiger partial charge in [0.25, 0.3) is 0 Å². The van der Waals surface area contributed by atoms with Crippen molar-refractivity contribution in [3.8, 4) is 0 Å². The summed E-state index contributed by atoms with van der Waals surface area (Å²) in [4.78, 5) is 10.7. The van der Waals surface area contributed by atoms with E-state index in [1.807, 2.05) is 7.05 Å². The van der Waals surface area contributed by atoms with Gasteiger partial charge >= 0.3 is 6.09 Å². The summed E-state index contributed by atoms with van der Waals surface area (Å²) in [6.07, 6.45) is 1.66. The molecule has 0 aromatic heterocycles. The predicted molar refractivity (Wildman–Crippen MR) is 41.4 cm³/mol. The Kier molecular flexibility index (Phi) is 3.16. The van der Waals surface area contributed by atoms with Gasteiger partial charge in [0, 0.05) is 13.0 Å². The second-order valence-electron chi connectivity index (χ2n) is 2.63. The lowest BCUT2D eigenvalue weighted by atomic mass is 10.1. The first-order valence-corrected chi connectivity index (χ1v) is 3.92. The summed E-state index contributed by atoms with van der Waals surface area (Å²) in [5, 5.41) is 5.62. The molecular formula is C7H14N2O2. The van der Waals surface area contributed by atoms with Crippen LogP contribution in [0.25, 0.3) is 0 Å². The van der Waals surface area contributed by atoms with Gasteiger partial charge in [0.2, 0.25) is 0 Å². The predicted octanol–water partition coefficient (Wildman–Crippen LogP) is 0.0944. The molecule has 1 heterocycles. The normalized spacial score (nSPS) is 24.1. The molecule has 1 saturated heterocycles. The number of hydrogen-bond donors (Lipinski definition) is 2. The molecule has 1 amide bonds. The molecule has 0 saturated carbocycles. The molecule has 4 heteroatoms. The Balaban J connectivity index is 2.17. The topological polar surface area (TPSA) is 50.4 Å². The van der Waals surface area contributed by atoms with Crippen LogP contribution in [0.4, 0.5) is 4.79 Å². The van der Waals surface area contributed by atoms with Gasteiger partial charge < -0.3 is 15.4 Å². The Bertz CT molecular complexity index is 138. The monoisotopic (exact) mass is 158 g/mol. The average Bonchev–Trinajstić information content (AvgIpc) is 2.01. The van der Waals surface area contributed by atoms with Gasteiger partial charge in [-0.25, -0.2) is 4.79 Å². The molecule has 1 unspecified atom stereocenters. The second kappa shape index (κ2) is 4.18. The number of nitrogens with one attached hydrogen (secondary N) is 2. The summed E-state index contributed by atoms with van der Waals surface area (Å²) in [7, 11) is 1.89. The van der Waals surface area contributed by atoms with Gasteiger partial charge in [-0.1, -0.05) is 0 Å². The number of cyclic esters (lactones) is 1. The van der Waals surface area contributed by atoms with Crippen molar-refractivity contribution in [3.63, 3.8) is 0 Å². The van der Waals surface area contributed by atoms with Gasteiger partial charge in [-0.3, -0.25) is 0 Å². The smallest absolute Gasteiger partial charge is 0.407 e. The Labute approximate surface area is 66.3 Å². The summed E-state index contributed by atoms with van der Waals surface area (Å²) in [6, 6.07) is 0. The fourth-order valence-electron chi connectivity index (χ4n) is 1.10. The number of carbonyl (C=O) groups is 1. The minimum absolute atomic E-state index is 0.108. The molecule has 0 aromatic carbocycles. The van der Waals surface area contributed by atoms with E-state index < -0.39 is 0 Å². The van der Waals surface area contributed by atoms with E-state index in [0.29, 0.717) is 0 Å². The van der Waals surface area contributed by atoms with Crippen molar-refractivity contribution >= 4 is 6.09 Å². The summed E-state index contributed by atoms with van der Waals surface area (Å²) in [5.74, 6) is 0. The fourth-order valence-corrected chi connectivity index (χ4v) is 1.10. The quantitative estimate of drug-likeness (QED) is 0.612. The third-order valence-electron chi connectivity index (χ3n) is 1.73. The number of hydrogen-bond acceptors (Lipinski definition) is 3. The van der Waals surface area contributed by atoms with Crippen LogP contribution in [-0.2, 0) is 4.74 Å². The standard InChI is InChI=1S/C7H14N2O2/c1-8-4-2-6-3-5-9-7(10)11-6/h6,8H,2-5H2,1H3,(H,9,10). The highest BCUT2D eigenvalue weighted by Crippen LogP contribution is 2.06. The lowest BCUT2D eigenvalue weighted by Gasteiger charge is -2.22. The van der Waals surface area contributed by atoms with E-state index in [1.165, 1.54) is 0 Å². The number of alkyl carbamates (subject to hydrolysis) is 1. The summed E-state index contributed by atoms with van der Waals surface area (Å²) in [6.45, 7) is 1.64. The molecular weight excluding hydrogens is 144 g/mol. The first-order valence-electron chi connectivity index (χ1n) is 3.92. The van der Waals surface area contributed by atoms with Crippen LogP contribution >= 0.6 is 0 Å². The number of rotatable bonds is 3. The first kappa shape index (κ1) is 8.33. The lowest BCUT2D eigenvalue weighted by Crippen LogP contribution is -2.38. The Morgan fingerprint density at radius 1 is 1.82 bits per heavy atom. The van der Waals surface area contributed by atoms with Crippen molar-refractivity contribution in [1.82, 2.24) is 10.6 Å². The highest BCUT2D eigenvalue weighted by Gasteiger charge is 2.18. The van der Waals surface area contributed by atoms with Crippen LogP contribution < -0.4 is 10.6 Å². The van der Waals surface area contributed by atoms with Crippen LogP contribution in [0.5, 0.6) is 0 Å². The SMILES string of the molecule is CNCCC1CCNC(=O)O1. The van der Waals surface area contributed by atoms with E-state index in [-0.39, 0.29) is 12.2 Å². The van der Waals surface area contributed by atoms with Gasteiger partial charge in [-0.2, -0.15) is 0 Å². The van der Waals surface area contributed by atoms with E-state index in [9.17, 15) is 4.79 Å². The van der Waals surface area contributed by atoms with E-state index in [0.717, 1.165) is 25.9 Å². The molecule has 11 heavy (non-hydrogen) atoms. The van der Waals surface area contributed by atoms with E-state index >= 15 is 0 Å². The molecule has 0 radical (unpaired) electrons. The van der Waals surface area contributed by atoms with Crippen LogP contribution in [0.3, 0.4) is 0 Å². The van der Waals surface area contributed by atoms with Crippen LogP contribution in [-0.4, -0.2) is 32.3 Å². The summed E-state index contributed by atoms with van der Waals surface area (Å²) >= 11 is 0. The molecule has 64 valence electrons. The third-order valence-corrected chi connectivity index (χ3v) is 1.73. The van der Waals surface area contributed by atoms with Crippen molar-refractivity contribution in [2.75, 3.05) is 20.1 Å². The zero-order valence-corrected chi connectivity index (χ0v) is 6.72. The number of carbonyl (C=O) groups excluding carboxylic acids is 1. The van der Waals surface area contributed by atoms with Crippen LogP contribution in [0.15, 0.2) is 0 Å². The molecule has 1 fully saturated rings. The van der Waals surface area contributed by atoms with Gasteiger partial charge in [0.1, 0.15) is 6.10 Å². The van der Waals surface area contributed by atoms with Crippen molar-refractivity contribution in [3.05, 3.63) is 0 Å². The van der Waals surface area contributed by atoms with Gasteiger partial charge in [-0.15, -0.1) is 0 Å². The maximum absolute atomic E-state index is 10.7. The molecule has 2 N–H and O–H groups in total. The first-order chi connectivity index (χ1) is 5.33. The Hall–Kier alpha value is -0.770. The molecule has 0 aromatic rings. The summed E-state index contributed by atoms with van der Waals surface area (Å²) in [5.41, 5.74) is 0. The van der Waals surface area contributed by atoms with Crippen molar-refractivity contribution in [1.29, 1.82) is 0 Å². The van der Waals surface area contributed by atoms with Crippen LogP contribution in [0.1, 0.15) is 12.8 Å². The maximum Gasteiger partial charge on any atom is 0.407 e. The van der Waals surface area contributed by atoms with Crippen LogP contribution in [0, 0.1) is 0 Å². The second-order valence-corrected chi connectivity index (χ2v) is 2.63. The minimum atomic E-state index is -0.280. The Morgan fingerprint density at radius 3 is 3.27 bits per heavy atom. The highest BCUT2D eigenvalue weighted by molar-refractivity contribution is 5.67. The highest BCUT2D eigenvalue weighted by atomic mass is 16.6. The van der Waals surface area contributed by atoms with Gasteiger partial charge in [0.15, 0.2) is 0 Å². The molecule has 1 aliphatic rings. The average molecular weight is 158 g/mol. The van der Waals surface area contributed by atoms with Crippen molar-refractivity contribution in [2.24, 2.45) is 0 Å². The van der Waals surface area contributed by atoms with Crippen molar-refractivity contribution < 1.29 is 9.53 Å². The molecule has 0 bridgehead atoms. The molecule has 1 atom stereocenters. The minimum Gasteiger partial charge on any atom is -0.446 e. The molecule has 0 aliphatic carbocycles. The molecule has 4 nitrogen and oxygen atoms in total. The maximum atomic E-state index is 10.7. The molecule has 0 spiro atoms. The molecule has 1 rings (SSSR count). The zero-order valence-electron chi connectivity index (χ0n) is 6.72. The number of ether oxygens (including phenoxy) is 1. The van der Waals surface area contributed by atoms with Crippen molar-refractivity contribution in [2.45, 2.75) is 18.9 Å². The van der Waals surface area contributed by atoms with Crippen LogP contribution in [0.2, 0.25) is 0 Å². The van der Waals surface area contributed by atoms with E-state index in [1.54, 1.807) is 0 Å². The largest absolute Gasteiger partial charge is 0.446 e. The number of amides is 1. The third kappa shape index (κ3) is 2.76.